The number of hydrogen-bond donors (Lipinski definition) is 3. The minimum Gasteiger partial charge on any atom is -0.345 e. The van der Waals surface area contributed by atoms with Gasteiger partial charge in [0.15, 0.2) is 0 Å². The Morgan fingerprint density at radius 2 is 2.00 bits per heavy atom. The standard InChI is InChI=1S/C22H25N5O2.2ClH/c1-2-10-27(18-8-9-23-13-18)22(29)16-4-3-5-17(11-16)26-21(28)15-6-7-19-20(12-15)25-14-24-19;;/h3-7,11-12,14,18,23H,2,8-10,13H2,1H3,(H,24,25)(H,26,28);2*1H. The van der Waals surface area contributed by atoms with Gasteiger partial charge in [0.2, 0.25) is 0 Å². The number of fused-ring (bicyclic) bond motifs is 1. The fourth-order valence-corrected chi connectivity index (χ4v) is 3.77. The lowest BCUT2D eigenvalue weighted by Crippen LogP contribution is -2.42. The molecule has 1 unspecified atom stereocenters. The highest BCUT2D eigenvalue weighted by Gasteiger charge is 2.26. The number of carbonyl (C=O) groups is 2. The van der Waals surface area contributed by atoms with Crippen molar-refractivity contribution in [3.05, 3.63) is 59.9 Å². The maximum atomic E-state index is 13.1. The number of aromatic amines is 1. The van der Waals surface area contributed by atoms with Gasteiger partial charge in [-0.15, -0.1) is 24.8 Å². The molecule has 0 bridgehead atoms. The number of nitrogens with one attached hydrogen (secondary N) is 3. The van der Waals surface area contributed by atoms with Crippen molar-refractivity contribution < 1.29 is 9.59 Å². The van der Waals surface area contributed by atoms with Crippen LogP contribution in [0.1, 0.15) is 40.5 Å². The van der Waals surface area contributed by atoms with E-state index in [-0.39, 0.29) is 42.7 Å². The average Bonchev–Trinajstić information content (AvgIpc) is 3.43. The first-order valence-corrected chi connectivity index (χ1v) is 10.0. The van der Waals surface area contributed by atoms with E-state index in [1.807, 2.05) is 4.90 Å². The van der Waals surface area contributed by atoms with Gasteiger partial charge in [-0.3, -0.25) is 9.59 Å². The number of amides is 2. The first kappa shape index (κ1) is 24.7. The highest BCUT2D eigenvalue weighted by molar-refractivity contribution is 6.06. The number of benzene rings is 2. The van der Waals surface area contributed by atoms with Gasteiger partial charge < -0.3 is 20.5 Å². The Hall–Kier alpha value is -2.61. The molecule has 0 spiro atoms. The summed E-state index contributed by atoms with van der Waals surface area (Å²) >= 11 is 0. The summed E-state index contributed by atoms with van der Waals surface area (Å²) in [6.45, 7) is 4.58. The Morgan fingerprint density at radius 3 is 2.74 bits per heavy atom. The number of carbonyl (C=O) groups excluding carboxylic acids is 2. The number of hydrogen-bond acceptors (Lipinski definition) is 4. The molecule has 1 aliphatic heterocycles. The van der Waals surface area contributed by atoms with E-state index in [1.54, 1.807) is 48.8 Å². The monoisotopic (exact) mass is 463 g/mol. The number of imidazole rings is 1. The normalized spacial score (nSPS) is 15.1. The molecule has 0 saturated carbocycles. The van der Waals surface area contributed by atoms with E-state index in [0.29, 0.717) is 16.8 Å². The van der Waals surface area contributed by atoms with Crippen LogP contribution in [0.4, 0.5) is 5.69 Å². The van der Waals surface area contributed by atoms with Crippen molar-refractivity contribution in [2.75, 3.05) is 25.0 Å². The number of rotatable bonds is 6. The van der Waals surface area contributed by atoms with Crippen LogP contribution in [0.3, 0.4) is 0 Å². The van der Waals surface area contributed by atoms with Gasteiger partial charge in [-0.25, -0.2) is 4.98 Å². The van der Waals surface area contributed by atoms with E-state index < -0.39 is 0 Å². The molecule has 2 heterocycles. The first-order valence-electron chi connectivity index (χ1n) is 10.0. The molecule has 1 fully saturated rings. The largest absolute Gasteiger partial charge is 0.345 e. The van der Waals surface area contributed by atoms with E-state index in [2.05, 4.69) is 27.5 Å². The van der Waals surface area contributed by atoms with Gasteiger partial charge in [0.05, 0.1) is 17.4 Å². The topological polar surface area (TPSA) is 90.1 Å². The molecule has 1 aromatic heterocycles. The summed E-state index contributed by atoms with van der Waals surface area (Å²) in [6.07, 6.45) is 3.48. The van der Waals surface area contributed by atoms with Gasteiger partial charge in [-0.2, -0.15) is 0 Å². The second-order valence-corrected chi connectivity index (χ2v) is 7.31. The number of H-pyrrole nitrogens is 1. The van der Waals surface area contributed by atoms with Crippen molar-refractivity contribution in [1.29, 1.82) is 0 Å². The molecule has 2 aromatic carbocycles. The van der Waals surface area contributed by atoms with Crippen LogP contribution in [0.25, 0.3) is 11.0 Å². The van der Waals surface area contributed by atoms with Crippen LogP contribution < -0.4 is 10.6 Å². The molecular weight excluding hydrogens is 437 g/mol. The van der Waals surface area contributed by atoms with Crippen molar-refractivity contribution in [3.8, 4) is 0 Å². The molecular formula is C22H27Cl2N5O2. The van der Waals surface area contributed by atoms with Gasteiger partial charge in [0.1, 0.15) is 0 Å². The molecule has 0 radical (unpaired) electrons. The Balaban J connectivity index is 0.00000171. The van der Waals surface area contributed by atoms with E-state index in [4.69, 9.17) is 0 Å². The highest BCUT2D eigenvalue weighted by atomic mass is 35.5. The fraction of sp³-hybridized carbons (Fsp3) is 0.318. The smallest absolute Gasteiger partial charge is 0.255 e. The lowest BCUT2D eigenvalue weighted by molar-refractivity contribution is 0.0692. The Labute approximate surface area is 193 Å². The molecule has 1 saturated heterocycles. The van der Waals surface area contributed by atoms with Gasteiger partial charge in [0.25, 0.3) is 11.8 Å². The summed E-state index contributed by atoms with van der Waals surface area (Å²) in [6, 6.07) is 12.7. The highest BCUT2D eigenvalue weighted by Crippen LogP contribution is 2.19. The van der Waals surface area contributed by atoms with Crippen molar-refractivity contribution in [1.82, 2.24) is 20.2 Å². The van der Waals surface area contributed by atoms with E-state index in [1.165, 1.54) is 0 Å². The zero-order valence-corrected chi connectivity index (χ0v) is 18.9. The third-order valence-electron chi connectivity index (χ3n) is 5.25. The van der Waals surface area contributed by atoms with Gasteiger partial charge in [0, 0.05) is 35.9 Å². The van der Waals surface area contributed by atoms with Crippen molar-refractivity contribution in [2.45, 2.75) is 25.8 Å². The van der Waals surface area contributed by atoms with E-state index in [0.717, 1.165) is 43.5 Å². The SMILES string of the molecule is CCCN(C(=O)c1cccc(NC(=O)c2ccc3nc[nH]c3c2)c1)C1CCNC1.Cl.Cl. The van der Waals surface area contributed by atoms with Gasteiger partial charge >= 0.3 is 0 Å². The van der Waals surface area contributed by atoms with Crippen molar-refractivity contribution in [3.63, 3.8) is 0 Å². The first-order chi connectivity index (χ1) is 14.2. The second kappa shape index (κ2) is 11.1. The van der Waals surface area contributed by atoms with Crippen LogP contribution in [0.15, 0.2) is 48.8 Å². The quantitative estimate of drug-likeness (QED) is 0.517. The molecule has 166 valence electrons. The second-order valence-electron chi connectivity index (χ2n) is 7.31. The molecule has 0 aliphatic carbocycles. The predicted molar refractivity (Wildman–Crippen MR) is 128 cm³/mol. The third-order valence-corrected chi connectivity index (χ3v) is 5.25. The van der Waals surface area contributed by atoms with Crippen LogP contribution in [-0.4, -0.2) is 52.4 Å². The Morgan fingerprint density at radius 1 is 1.16 bits per heavy atom. The number of aromatic nitrogens is 2. The Bertz CT molecular complexity index is 1030. The minimum absolute atomic E-state index is 0. The average molecular weight is 464 g/mol. The number of halogens is 2. The molecule has 7 nitrogen and oxygen atoms in total. The summed E-state index contributed by atoms with van der Waals surface area (Å²) < 4.78 is 0. The van der Waals surface area contributed by atoms with E-state index >= 15 is 0 Å². The number of anilines is 1. The lowest BCUT2D eigenvalue weighted by atomic mass is 10.1. The molecule has 3 N–H and O–H groups in total. The summed E-state index contributed by atoms with van der Waals surface area (Å²) in [7, 11) is 0. The van der Waals surface area contributed by atoms with Crippen LogP contribution >= 0.6 is 24.8 Å². The molecule has 4 rings (SSSR count). The van der Waals surface area contributed by atoms with E-state index in [9.17, 15) is 9.59 Å². The lowest BCUT2D eigenvalue weighted by Gasteiger charge is -2.28. The number of nitrogens with zero attached hydrogens (tertiary/aromatic N) is 2. The maximum absolute atomic E-state index is 13.1. The summed E-state index contributed by atoms with van der Waals surface area (Å²) in [5.74, 6) is -0.216. The van der Waals surface area contributed by atoms with Crippen molar-refractivity contribution >= 4 is 53.3 Å². The fourth-order valence-electron chi connectivity index (χ4n) is 3.77. The Kier molecular flexibility index (Phi) is 8.86. The van der Waals surface area contributed by atoms with Gasteiger partial charge in [-0.05, 0) is 55.8 Å². The third kappa shape index (κ3) is 5.55. The molecule has 3 aromatic rings. The zero-order chi connectivity index (χ0) is 20.2. The molecule has 1 atom stereocenters. The maximum Gasteiger partial charge on any atom is 0.255 e. The molecule has 9 heteroatoms. The predicted octanol–water partition coefficient (Wildman–Crippen LogP) is 3.87. The summed E-state index contributed by atoms with van der Waals surface area (Å²) in [5.41, 5.74) is 3.34. The molecule has 2 amide bonds. The van der Waals surface area contributed by atoms with Gasteiger partial charge in [-0.1, -0.05) is 13.0 Å². The van der Waals surface area contributed by atoms with Crippen LogP contribution in [0.2, 0.25) is 0 Å². The van der Waals surface area contributed by atoms with Crippen LogP contribution in [0, 0.1) is 0 Å². The molecule has 1 aliphatic rings. The summed E-state index contributed by atoms with van der Waals surface area (Å²) in [5, 5.41) is 6.22. The van der Waals surface area contributed by atoms with Crippen molar-refractivity contribution in [2.24, 2.45) is 0 Å². The zero-order valence-electron chi connectivity index (χ0n) is 17.3. The van der Waals surface area contributed by atoms with Crippen LogP contribution in [-0.2, 0) is 0 Å². The molecule has 31 heavy (non-hydrogen) atoms. The summed E-state index contributed by atoms with van der Waals surface area (Å²) in [4.78, 5) is 34.9. The van der Waals surface area contributed by atoms with Crippen LogP contribution in [0.5, 0.6) is 0 Å². The minimum atomic E-state index is -0.225.